The van der Waals surface area contributed by atoms with Crippen LogP contribution in [0.5, 0.6) is 0 Å². The van der Waals surface area contributed by atoms with E-state index in [2.05, 4.69) is 27.9 Å². The second-order valence-electron chi connectivity index (χ2n) is 5.30. The zero-order chi connectivity index (χ0) is 13.5. The molecule has 0 aliphatic carbocycles. The van der Waals surface area contributed by atoms with E-state index in [0.717, 1.165) is 13.1 Å². The van der Waals surface area contributed by atoms with Crippen molar-refractivity contribution < 1.29 is 4.79 Å². The molecule has 0 bridgehead atoms. The lowest BCUT2D eigenvalue weighted by molar-refractivity contribution is -0.122. The van der Waals surface area contributed by atoms with Crippen LogP contribution in [0.2, 0.25) is 0 Å². The summed E-state index contributed by atoms with van der Waals surface area (Å²) >= 11 is 0. The fourth-order valence-corrected chi connectivity index (χ4v) is 2.56. The van der Waals surface area contributed by atoms with E-state index in [1.54, 1.807) is 17.1 Å². The highest BCUT2D eigenvalue weighted by atomic mass is 16.1. The van der Waals surface area contributed by atoms with Gasteiger partial charge in [-0.3, -0.25) is 9.48 Å². The van der Waals surface area contributed by atoms with Crippen molar-refractivity contribution in [2.45, 2.75) is 32.7 Å². The molecule has 1 amide bonds. The first-order valence-corrected chi connectivity index (χ1v) is 7.07. The Hall–Kier alpha value is -1.43. The van der Waals surface area contributed by atoms with Gasteiger partial charge in [-0.25, -0.2) is 0 Å². The molecule has 0 aromatic carbocycles. The molecule has 2 atom stereocenters. The number of piperidine rings is 1. The van der Waals surface area contributed by atoms with Crippen LogP contribution in [-0.2, 0) is 11.3 Å². The molecule has 1 aromatic rings. The summed E-state index contributed by atoms with van der Waals surface area (Å²) in [6.07, 6.45) is 6.51. The molecule has 0 spiro atoms. The Labute approximate surface area is 113 Å². The number of hydrogen-bond donors (Lipinski definition) is 2. The number of nitrogens with one attached hydrogen (secondary N) is 2. The van der Waals surface area contributed by atoms with Crippen LogP contribution in [-0.4, -0.2) is 40.5 Å². The molecule has 0 saturated carbocycles. The van der Waals surface area contributed by atoms with Gasteiger partial charge in [0.05, 0.1) is 12.7 Å². The summed E-state index contributed by atoms with van der Waals surface area (Å²) in [7, 11) is 0. The number of amides is 1. The van der Waals surface area contributed by atoms with Gasteiger partial charge in [-0.2, -0.15) is 0 Å². The summed E-state index contributed by atoms with van der Waals surface area (Å²) in [5, 5.41) is 13.9. The summed E-state index contributed by atoms with van der Waals surface area (Å²) in [6.45, 7) is 5.62. The Bertz CT molecular complexity index is 372. The van der Waals surface area contributed by atoms with E-state index in [1.807, 2.05) is 0 Å². The molecule has 1 fully saturated rings. The average Bonchev–Trinajstić information content (AvgIpc) is 2.93. The van der Waals surface area contributed by atoms with Gasteiger partial charge < -0.3 is 10.6 Å². The highest BCUT2D eigenvalue weighted by molar-refractivity contribution is 5.76. The van der Waals surface area contributed by atoms with Gasteiger partial charge in [0.25, 0.3) is 0 Å². The number of carbonyl (C=O) groups is 1. The van der Waals surface area contributed by atoms with Crippen LogP contribution in [0.1, 0.15) is 26.2 Å². The van der Waals surface area contributed by atoms with Gasteiger partial charge in [0.15, 0.2) is 0 Å². The summed E-state index contributed by atoms with van der Waals surface area (Å²) < 4.78 is 1.72. The molecule has 2 rings (SSSR count). The Morgan fingerprint density at radius 1 is 1.63 bits per heavy atom. The Morgan fingerprint density at radius 3 is 3.21 bits per heavy atom. The van der Waals surface area contributed by atoms with Crippen LogP contribution in [0.25, 0.3) is 0 Å². The smallest absolute Gasteiger partial charge is 0.220 e. The Morgan fingerprint density at radius 2 is 2.53 bits per heavy atom. The van der Waals surface area contributed by atoms with Gasteiger partial charge in [-0.15, -0.1) is 5.10 Å². The number of nitrogens with zero attached hydrogens (tertiary/aromatic N) is 3. The quantitative estimate of drug-likeness (QED) is 0.782. The fourth-order valence-electron chi connectivity index (χ4n) is 2.56. The molecular formula is C13H23N5O. The van der Waals surface area contributed by atoms with Gasteiger partial charge in [0.1, 0.15) is 0 Å². The minimum absolute atomic E-state index is 0.137. The zero-order valence-corrected chi connectivity index (χ0v) is 11.5. The van der Waals surface area contributed by atoms with Crippen molar-refractivity contribution in [3.05, 3.63) is 12.4 Å². The maximum atomic E-state index is 11.8. The first kappa shape index (κ1) is 14.0. The van der Waals surface area contributed by atoms with Crippen molar-refractivity contribution in [1.82, 2.24) is 25.6 Å². The van der Waals surface area contributed by atoms with Gasteiger partial charge >= 0.3 is 0 Å². The normalized spacial score (nSPS) is 21.0. The lowest BCUT2D eigenvalue weighted by Gasteiger charge is -2.28. The number of carbonyl (C=O) groups excluding carboxylic acids is 1. The molecule has 6 nitrogen and oxygen atoms in total. The molecule has 1 saturated heterocycles. The lowest BCUT2D eigenvalue weighted by atomic mass is 9.85. The van der Waals surface area contributed by atoms with Crippen LogP contribution < -0.4 is 10.6 Å². The van der Waals surface area contributed by atoms with Gasteiger partial charge in [-0.05, 0) is 37.8 Å². The minimum Gasteiger partial charge on any atom is -0.354 e. The molecule has 19 heavy (non-hydrogen) atoms. The molecule has 0 radical (unpaired) electrons. The maximum Gasteiger partial charge on any atom is 0.220 e. The van der Waals surface area contributed by atoms with E-state index in [0.29, 0.717) is 31.3 Å². The molecule has 1 aliphatic rings. The predicted octanol–water partition coefficient (Wildman–Crippen LogP) is 0.420. The van der Waals surface area contributed by atoms with Crippen molar-refractivity contribution in [3.8, 4) is 0 Å². The average molecular weight is 265 g/mol. The van der Waals surface area contributed by atoms with E-state index in [9.17, 15) is 4.79 Å². The van der Waals surface area contributed by atoms with Crippen LogP contribution in [0.4, 0.5) is 0 Å². The summed E-state index contributed by atoms with van der Waals surface area (Å²) in [6, 6.07) is 0. The molecular weight excluding hydrogens is 242 g/mol. The first-order valence-electron chi connectivity index (χ1n) is 7.07. The lowest BCUT2D eigenvalue weighted by Crippen LogP contribution is -2.36. The molecule has 106 valence electrons. The van der Waals surface area contributed by atoms with Crippen molar-refractivity contribution in [1.29, 1.82) is 0 Å². The predicted molar refractivity (Wildman–Crippen MR) is 72.4 cm³/mol. The third-order valence-corrected chi connectivity index (χ3v) is 3.78. The molecule has 1 aliphatic heterocycles. The maximum absolute atomic E-state index is 11.8. The van der Waals surface area contributed by atoms with Gasteiger partial charge in [0, 0.05) is 19.2 Å². The highest BCUT2D eigenvalue weighted by Gasteiger charge is 2.21. The van der Waals surface area contributed by atoms with E-state index >= 15 is 0 Å². The van der Waals surface area contributed by atoms with Crippen molar-refractivity contribution >= 4 is 5.91 Å². The van der Waals surface area contributed by atoms with E-state index in [1.165, 1.54) is 12.8 Å². The Kier molecular flexibility index (Phi) is 5.32. The van der Waals surface area contributed by atoms with Crippen LogP contribution in [0.3, 0.4) is 0 Å². The van der Waals surface area contributed by atoms with Crippen LogP contribution in [0.15, 0.2) is 12.4 Å². The topological polar surface area (TPSA) is 71.8 Å². The molecule has 2 heterocycles. The second-order valence-corrected chi connectivity index (χ2v) is 5.30. The van der Waals surface area contributed by atoms with Crippen molar-refractivity contribution in [2.24, 2.45) is 11.8 Å². The fraction of sp³-hybridized carbons (Fsp3) is 0.769. The molecule has 2 N–H and O–H groups in total. The molecule has 6 heteroatoms. The number of rotatable bonds is 6. The van der Waals surface area contributed by atoms with E-state index < -0.39 is 0 Å². The van der Waals surface area contributed by atoms with Crippen molar-refractivity contribution in [3.63, 3.8) is 0 Å². The summed E-state index contributed by atoms with van der Waals surface area (Å²) in [5.74, 6) is 1.21. The highest BCUT2D eigenvalue weighted by Crippen LogP contribution is 2.22. The van der Waals surface area contributed by atoms with E-state index in [4.69, 9.17) is 0 Å². The minimum atomic E-state index is 0.137. The standard InChI is InChI=1S/C13H23N5O/c1-11(12-3-2-4-14-10-12)9-13(19)15-5-7-18-8-6-16-17-18/h6,8,11-12,14H,2-5,7,9-10H2,1H3,(H,15,19). The SMILES string of the molecule is CC(CC(=O)NCCn1ccnn1)C1CCCNC1. The molecule has 1 aromatic heterocycles. The number of hydrogen-bond acceptors (Lipinski definition) is 4. The summed E-state index contributed by atoms with van der Waals surface area (Å²) in [4.78, 5) is 11.8. The van der Waals surface area contributed by atoms with Gasteiger partial charge in [0.2, 0.25) is 5.91 Å². The van der Waals surface area contributed by atoms with Crippen molar-refractivity contribution in [2.75, 3.05) is 19.6 Å². The van der Waals surface area contributed by atoms with Crippen LogP contribution in [0, 0.1) is 11.8 Å². The molecule has 2 unspecified atom stereocenters. The van der Waals surface area contributed by atoms with Crippen LogP contribution >= 0.6 is 0 Å². The third-order valence-electron chi connectivity index (χ3n) is 3.78. The third kappa shape index (κ3) is 4.63. The second kappa shape index (κ2) is 7.23. The largest absolute Gasteiger partial charge is 0.354 e. The monoisotopic (exact) mass is 265 g/mol. The van der Waals surface area contributed by atoms with Gasteiger partial charge in [-0.1, -0.05) is 12.1 Å². The number of aromatic nitrogens is 3. The Balaban J connectivity index is 1.63. The zero-order valence-electron chi connectivity index (χ0n) is 11.5. The first-order chi connectivity index (χ1) is 9.25. The summed E-state index contributed by atoms with van der Waals surface area (Å²) in [5.41, 5.74) is 0. The van der Waals surface area contributed by atoms with E-state index in [-0.39, 0.29) is 5.91 Å².